The van der Waals surface area contributed by atoms with Crippen LogP contribution >= 0.6 is 31.9 Å². The number of rotatable bonds is 2. The lowest BCUT2D eigenvalue weighted by Crippen LogP contribution is -2.30. The number of aryl methyl sites for hydroxylation is 1. The Kier molecular flexibility index (Phi) is 4.18. The van der Waals surface area contributed by atoms with Crippen LogP contribution in [0.25, 0.3) is 0 Å². The number of nitrogens with zero attached hydrogens (tertiary/aromatic N) is 1. The Morgan fingerprint density at radius 3 is 2.56 bits per heavy atom. The van der Waals surface area contributed by atoms with Gasteiger partial charge in [-0.15, -0.1) is 0 Å². The van der Waals surface area contributed by atoms with Crippen LogP contribution in [0.5, 0.6) is 0 Å². The molecule has 0 amide bonds. The number of hydrogen-bond acceptors (Lipinski definition) is 3. The van der Waals surface area contributed by atoms with Gasteiger partial charge in [0.15, 0.2) is 0 Å². The van der Waals surface area contributed by atoms with Gasteiger partial charge in [0.25, 0.3) is 0 Å². The third-order valence-corrected chi connectivity index (χ3v) is 6.64. The molecule has 0 saturated carbocycles. The summed E-state index contributed by atoms with van der Waals surface area (Å²) in [4.78, 5) is 0.231. The van der Waals surface area contributed by atoms with E-state index in [1.807, 2.05) is 6.92 Å². The van der Waals surface area contributed by atoms with E-state index in [1.165, 1.54) is 4.31 Å². The summed E-state index contributed by atoms with van der Waals surface area (Å²) in [6.45, 7) is 2.42. The molecule has 1 atom stereocenters. The van der Waals surface area contributed by atoms with Crippen LogP contribution < -0.4 is 0 Å². The first-order valence-electron chi connectivity index (χ1n) is 5.46. The molecule has 4 nitrogen and oxygen atoms in total. The molecule has 2 rings (SSSR count). The van der Waals surface area contributed by atoms with E-state index in [2.05, 4.69) is 31.9 Å². The maximum atomic E-state index is 12.4. The van der Waals surface area contributed by atoms with Gasteiger partial charge >= 0.3 is 0 Å². The molecule has 0 aliphatic carbocycles. The SMILES string of the molecule is Cc1cc(Br)c(S(=O)(=O)N2CC[C@H](O)C2)cc1Br. The largest absolute Gasteiger partial charge is 0.392 e. The second-order valence-electron chi connectivity index (χ2n) is 4.34. The second-order valence-corrected chi connectivity index (χ2v) is 7.95. The maximum absolute atomic E-state index is 12.4. The van der Waals surface area contributed by atoms with E-state index in [4.69, 9.17) is 0 Å². The monoisotopic (exact) mass is 397 g/mol. The first kappa shape index (κ1) is 14.5. The summed E-state index contributed by atoms with van der Waals surface area (Å²) in [6, 6.07) is 3.36. The second kappa shape index (κ2) is 5.20. The molecule has 1 heterocycles. The van der Waals surface area contributed by atoms with Gasteiger partial charge in [0, 0.05) is 22.0 Å². The minimum Gasteiger partial charge on any atom is -0.392 e. The van der Waals surface area contributed by atoms with E-state index in [0.717, 1.165) is 10.0 Å². The minimum atomic E-state index is -3.55. The van der Waals surface area contributed by atoms with Crippen LogP contribution in [-0.2, 0) is 10.0 Å². The molecule has 1 aliphatic heterocycles. The standard InChI is InChI=1S/C11H13Br2NO3S/c1-7-4-10(13)11(5-9(7)12)18(16,17)14-3-2-8(15)6-14/h4-5,8,15H,2-3,6H2,1H3/t8-/m0/s1. The molecular weight excluding hydrogens is 386 g/mol. The van der Waals surface area contributed by atoms with Crippen molar-refractivity contribution in [2.24, 2.45) is 0 Å². The van der Waals surface area contributed by atoms with E-state index in [-0.39, 0.29) is 11.4 Å². The van der Waals surface area contributed by atoms with Gasteiger partial charge in [-0.1, -0.05) is 15.9 Å². The number of hydrogen-bond donors (Lipinski definition) is 1. The summed E-state index contributed by atoms with van der Waals surface area (Å²) in [5, 5.41) is 9.45. The Hall–Kier alpha value is 0.0500. The fraction of sp³-hybridized carbons (Fsp3) is 0.455. The smallest absolute Gasteiger partial charge is 0.244 e. The normalized spacial score (nSPS) is 21.4. The highest BCUT2D eigenvalue weighted by Gasteiger charge is 2.33. The summed E-state index contributed by atoms with van der Waals surface area (Å²) < 4.78 is 27.5. The zero-order valence-electron chi connectivity index (χ0n) is 9.73. The van der Waals surface area contributed by atoms with Crippen molar-refractivity contribution in [3.05, 3.63) is 26.6 Å². The fourth-order valence-electron chi connectivity index (χ4n) is 1.89. The molecule has 1 saturated heterocycles. The molecule has 1 aromatic rings. The van der Waals surface area contributed by atoms with E-state index >= 15 is 0 Å². The number of β-amino-alcohol motifs (C(OH)–C–C–N with tert-alkyl or cyclic N) is 1. The van der Waals surface area contributed by atoms with Gasteiger partial charge < -0.3 is 5.11 Å². The summed E-state index contributed by atoms with van der Waals surface area (Å²) >= 11 is 6.63. The molecule has 1 aromatic carbocycles. The van der Waals surface area contributed by atoms with Gasteiger partial charge in [0.05, 0.1) is 11.0 Å². The summed E-state index contributed by atoms with van der Waals surface area (Å²) in [5.41, 5.74) is 0.960. The lowest BCUT2D eigenvalue weighted by Gasteiger charge is -2.17. The van der Waals surface area contributed by atoms with Crippen molar-refractivity contribution in [3.63, 3.8) is 0 Å². The quantitative estimate of drug-likeness (QED) is 0.831. The summed E-state index contributed by atoms with van der Waals surface area (Å²) in [7, 11) is -3.55. The third kappa shape index (κ3) is 2.65. The molecule has 1 N–H and O–H groups in total. The van der Waals surface area contributed by atoms with Crippen molar-refractivity contribution < 1.29 is 13.5 Å². The molecule has 0 aromatic heterocycles. The summed E-state index contributed by atoms with van der Waals surface area (Å²) in [6.07, 6.45) is -0.0726. The molecule has 18 heavy (non-hydrogen) atoms. The Labute approximate surface area is 123 Å². The van der Waals surface area contributed by atoms with Crippen molar-refractivity contribution in [3.8, 4) is 0 Å². The van der Waals surface area contributed by atoms with Gasteiger partial charge in [0.1, 0.15) is 0 Å². The van der Waals surface area contributed by atoms with Gasteiger partial charge in [-0.2, -0.15) is 4.31 Å². The number of halogens is 2. The van der Waals surface area contributed by atoms with Crippen LogP contribution in [0, 0.1) is 6.92 Å². The van der Waals surface area contributed by atoms with Crippen LogP contribution in [0.4, 0.5) is 0 Å². The molecule has 0 unspecified atom stereocenters. The Bertz CT molecular complexity index is 574. The topological polar surface area (TPSA) is 57.6 Å². The Balaban J connectivity index is 2.45. The van der Waals surface area contributed by atoms with Crippen LogP contribution in [0.2, 0.25) is 0 Å². The minimum absolute atomic E-state index is 0.167. The fourth-order valence-corrected chi connectivity index (χ4v) is 5.02. The van der Waals surface area contributed by atoms with Gasteiger partial charge in [-0.05, 0) is 47.0 Å². The molecule has 1 aliphatic rings. The average Bonchev–Trinajstić information content (AvgIpc) is 2.70. The predicted molar refractivity (Wildman–Crippen MR) is 76.0 cm³/mol. The number of sulfonamides is 1. The number of aliphatic hydroxyl groups is 1. The average molecular weight is 399 g/mol. The highest BCUT2D eigenvalue weighted by atomic mass is 79.9. The molecule has 1 fully saturated rings. The molecule has 100 valence electrons. The van der Waals surface area contributed by atoms with E-state index in [1.54, 1.807) is 12.1 Å². The molecule has 0 bridgehead atoms. The highest BCUT2D eigenvalue weighted by Crippen LogP contribution is 2.32. The lowest BCUT2D eigenvalue weighted by molar-refractivity contribution is 0.189. The van der Waals surface area contributed by atoms with E-state index in [9.17, 15) is 13.5 Å². The molecule has 0 spiro atoms. The third-order valence-electron chi connectivity index (χ3n) is 2.96. The van der Waals surface area contributed by atoms with E-state index < -0.39 is 16.1 Å². The van der Waals surface area contributed by atoms with Crippen molar-refractivity contribution in [2.75, 3.05) is 13.1 Å². The van der Waals surface area contributed by atoms with Gasteiger partial charge in [0.2, 0.25) is 10.0 Å². The van der Waals surface area contributed by atoms with Crippen molar-refractivity contribution in [1.82, 2.24) is 4.31 Å². The zero-order chi connectivity index (χ0) is 13.5. The van der Waals surface area contributed by atoms with Crippen molar-refractivity contribution >= 4 is 41.9 Å². The van der Waals surface area contributed by atoms with Crippen LogP contribution in [0.1, 0.15) is 12.0 Å². The summed E-state index contributed by atoms with van der Waals surface area (Å²) in [5.74, 6) is 0. The molecular formula is C11H13Br2NO3S. The van der Waals surface area contributed by atoms with Gasteiger partial charge in [-0.3, -0.25) is 0 Å². The lowest BCUT2D eigenvalue weighted by atomic mass is 10.2. The maximum Gasteiger partial charge on any atom is 0.244 e. The Morgan fingerprint density at radius 1 is 1.33 bits per heavy atom. The number of benzene rings is 1. The molecule has 7 heteroatoms. The van der Waals surface area contributed by atoms with Crippen molar-refractivity contribution in [2.45, 2.75) is 24.3 Å². The van der Waals surface area contributed by atoms with E-state index in [0.29, 0.717) is 17.4 Å². The molecule has 0 radical (unpaired) electrons. The predicted octanol–water partition coefficient (Wildman–Crippen LogP) is 2.28. The first-order valence-corrected chi connectivity index (χ1v) is 8.49. The van der Waals surface area contributed by atoms with Gasteiger partial charge in [-0.25, -0.2) is 8.42 Å². The van der Waals surface area contributed by atoms with Crippen LogP contribution in [-0.4, -0.2) is 37.0 Å². The first-order chi connectivity index (χ1) is 8.32. The zero-order valence-corrected chi connectivity index (χ0v) is 13.7. The van der Waals surface area contributed by atoms with Crippen molar-refractivity contribution in [1.29, 1.82) is 0 Å². The van der Waals surface area contributed by atoms with Crippen LogP contribution in [0.3, 0.4) is 0 Å². The Morgan fingerprint density at radius 2 is 2.00 bits per heavy atom. The highest BCUT2D eigenvalue weighted by molar-refractivity contribution is 9.11. The number of aliphatic hydroxyl groups excluding tert-OH is 1. The van der Waals surface area contributed by atoms with Crippen LogP contribution in [0.15, 0.2) is 26.0 Å².